The van der Waals surface area contributed by atoms with E-state index in [1.807, 2.05) is 0 Å². The van der Waals surface area contributed by atoms with Crippen molar-refractivity contribution in [2.45, 2.75) is 25.3 Å². The number of nitrogens with zero attached hydrogens (tertiary/aromatic N) is 1. The van der Waals surface area contributed by atoms with Gasteiger partial charge in [0.05, 0.1) is 19.1 Å². The molecule has 1 saturated heterocycles. The van der Waals surface area contributed by atoms with E-state index >= 15 is 0 Å². The molecule has 5 nitrogen and oxygen atoms in total. The Balaban J connectivity index is 2.20. The fraction of sp³-hybridized carbons (Fsp3) is 0.429. The monoisotopic (exact) mass is 389 g/mol. The average Bonchev–Trinajstić information content (AvgIpc) is 2.85. The summed E-state index contributed by atoms with van der Waals surface area (Å²) in [5.74, 6) is -0.255. The lowest BCUT2D eigenvalue weighted by atomic mass is 10.1. The highest BCUT2D eigenvalue weighted by Crippen LogP contribution is 2.26. The number of amides is 1. The highest BCUT2D eigenvalue weighted by atomic mass is 127. The Hall–Kier alpha value is -1.31. The van der Waals surface area contributed by atoms with Gasteiger partial charge < -0.3 is 14.7 Å². The molecule has 0 spiro atoms. The summed E-state index contributed by atoms with van der Waals surface area (Å²) in [5, 5.41) is 8.91. The van der Waals surface area contributed by atoms with Crippen LogP contribution in [0.5, 0.6) is 5.75 Å². The Morgan fingerprint density at radius 1 is 1.50 bits per heavy atom. The van der Waals surface area contributed by atoms with Gasteiger partial charge >= 0.3 is 5.97 Å². The number of benzene rings is 1. The van der Waals surface area contributed by atoms with Crippen LogP contribution in [0.25, 0.3) is 0 Å². The van der Waals surface area contributed by atoms with E-state index in [2.05, 4.69) is 22.6 Å². The average molecular weight is 389 g/mol. The minimum Gasteiger partial charge on any atom is -0.497 e. The molecule has 0 bridgehead atoms. The maximum Gasteiger partial charge on any atom is 0.305 e. The molecule has 1 N–H and O–H groups in total. The first kappa shape index (κ1) is 15.1. The van der Waals surface area contributed by atoms with Crippen molar-refractivity contribution in [1.29, 1.82) is 0 Å². The van der Waals surface area contributed by atoms with Crippen LogP contribution in [0.15, 0.2) is 18.2 Å². The second-order valence-corrected chi connectivity index (χ2v) is 5.90. The number of carboxylic acid groups (broad SMARTS) is 1. The van der Waals surface area contributed by atoms with Gasteiger partial charge in [-0.1, -0.05) is 0 Å². The van der Waals surface area contributed by atoms with Gasteiger partial charge in [-0.05, 0) is 53.6 Å². The Morgan fingerprint density at radius 2 is 2.25 bits per heavy atom. The molecule has 0 saturated carbocycles. The van der Waals surface area contributed by atoms with Gasteiger partial charge in [-0.3, -0.25) is 9.59 Å². The van der Waals surface area contributed by atoms with Crippen LogP contribution >= 0.6 is 22.6 Å². The van der Waals surface area contributed by atoms with Crippen molar-refractivity contribution in [3.63, 3.8) is 0 Å². The number of carbonyl (C=O) groups excluding carboxylic acids is 1. The van der Waals surface area contributed by atoms with Crippen LogP contribution < -0.4 is 4.74 Å². The third-order valence-corrected chi connectivity index (χ3v) is 4.35. The molecule has 2 rings (SSSR count). The molecule has 108 valence electrons. The molecule has 1 unspecified atom stereocenters. The molecule has 1 atom stereocenters. The van der Waals surface area contributed by atoms with Crippen LogP contribution in [0.3, 0.4) is 0 Å². The van der Waals surface area contributed by atoms with E-state index in [9.17, 15) is 9.59 Å². The zero-order valence-corrected chi connectivity index (χ0v) is 13.3. The number of methoxy groups -OCH3 is 1. The molecule has 1 aromatic rings. The third kappa shape index (κ3) is 3.23. The molecular weight excluding hydrogens is 373 g/mol. The van der Waals surface area contributed by atoms with Gasteiger partial charge in [-0.2, -0.15) is 0 Å². The molecule has 20 heavy (non-hydrogen) atoms. The lowest BCUT2D eigenvalue weighted by molar-refractivity contribution is -0.137. The first-order valence-electron chi connectivity index (χ1n) is 6.39. The Labute approximate surface area is 131 Å². The lowest BCUT2D eigenvalue weighted by Crippen LogP contribution is -2.37. The SMILES string of the molecule is COc1ccc(C(=O)N2CCCC2CC(=O)O)c(I)c1. The van der Waals surface area contributed by atoms with Crippen LogP contribution in [0.4, 0.5) is 0 Å². The molecule has 0 aliphatic carbocycles. The summed E-state index contributed by atoms with van der Waals surface area (Å²) in [4.78, 5) is 25.1. The van der Waals surface area contributed by atoms with Gasteiger partial charge in [0, 0.05) is 16.2 Å². The second kappa shape index (κ2) is 6.43. The fourth-order valence-corrected chi connectivity index (χ4v) is 3.19. The topological polar surface area (TPSA) is 66.8 Å². The molecule has 1 amide bonds. The van der Waals surface area contributed by atoms with E-state index in [1.165, 1.54) is 0 Å². The molecule has 6 heteroatoms. The number of hydrogen-bond acceptors (Lipinski definition) is 3. The Bertz CT molecular complexity index is 532. The quantitative estimate of drug-likeness (QED) is 0.804. The van der Waals surface area contributed by atoms with E-state index in [0.29, 0.717) is 17.9 Å². The van der Waals surface area contributed by atoms with Crippen LogP contribution in [0, 0.1) is 3.57 Å². The van der Waals surface area contributed by atoms with E-state index in [0.717, 1.165) is 16.4 Å². The van der Waals surface area contributed by atoms with Crippen molar-refractivity contribution in [2.75, 3.05) is 13.7 Å². The number of carbonyl (C=O) groups is 2. The molecular formula is C14H16INO4. The fourth-order valence-electron chi connectivity index (χ4n) is 2.47. The van der Waals surface area contributed by atoms with Crippen molar-refractivity contribution in [3.05, 3.63) is 27.3 Å². The Morgan fingerprint density at radius 3 is 2.85 bits per heavy atom. The number of aliphatic carboxylic acids is 1. The van der Waals surface area contributed by atoms with Gasteiger partial charge in [0.1, 0.15) is 5.75 Å². The number of ether oxygens (including phenoxy) is 1. The van der Waals surface area contributed by atoms with Crippen LogP contribution in [0.1, 0.15) is 29.6 Å². The summed E-state index contributed by atoms with van der Waals surface area (Å²) in [7, 11) is 1.58. The van der Waals surface area contributed by atoms with E-state index in [-0.39, 0.29) is 18.4 Å². The van der Waals surface area contributed by atoms with Crippen LogP contribution in [-0.2, 0) is 4.79 Å². The van der Waals surface area contributed by atoms with Crippen molar-refractivity contribution in [3.8, 4) is 5.75 Å². The maximum absolute atomic E-state index is 12.5. The highest BCUT2D eigenvalue weighted by Gasteiger charge is 2.31. The van der Waals surface area contributed by atoms with Crippen molar-refractivity contribution in [2.24, 2.45) is 0 Å². The van der Waals surface area contributed by atoms with Gasteiger partial charge in [0.25, 0.3) is 5.91 Å². The van der Waals surface area contributed by atoms with Gasteiger partial charge in [0.15, 0.2) is 0 Å². The maximum atomic E-state index is 12.5. The largest absolute Gasteiger partial charge is 0.497 e. The normalized spacial score (nSPS) is 18.1. The summed E-state index contributed by atoms with van der Waals surface area (Å²) in [6.07, 6.45) is 1.62. The van der Waals surface area contributed by atoms with E-state index in [1.54, 1.807) is 30.2 Å². The minimum absolute atomic E-state index is 0.0124. The van der Waals surface area contributed by atoms with E-state index < -0.39 is 5.97 Å². The zero-order chi connectivity index (χ0) is 14.7. The molecule has 0 radical (unpaired) electrons. The van der Waals surface area contributed by atoms with Gasteiger partial charge in [0.2, 0.25) is 0 Å². The predicted octanol–water partition coefficient (Wildman–Crippen LogP) is 2.38. The highest BCUT2D eigenvalue weighted by molar-refractivity contribution is 14.1. The van der Waals surface area contributed by atoms with Gasteiger partial charge in [-0.25, -0.2) is 0 Å². The van der Waals surface area contributed by atoms with Crippen molar-refractivity contribution >= 4 is 34.5 Å². The number of halogens is 1. The number of likely N-dealkylation sites (tertiary alicyclic amines) is 1. The molecule has 1 aliphatic heterocycles. The molecule has 1 fully saturated rings. The Kier molecular flexibility index (Phi) is 4.85. The minimum atomic E-state index is -0.862. The summed E-state index contributed by atoms with van der Waals surface area (Å²) in [6.45, 7) is 0.624. The van der Waals surface area contributed by atoms with Gasteiger partial charge in [-0.15, -0.1) is 0 Å². The molecule has 1 aromatic carbocycles. The number of hydrogen-bond donors (Lipinski definition) is 1. The summed E-state index contributed by atoms with van der Waals surface area (Å²) >= 11 is 2.10. The molecule has 0 aromatic heterocycles. The molecule has 1 aliphatic rings. The predicted molar refractivity (Wildman–Crippen MR) is 82.0 cm³/mol. The zero-order valence-electron chi connectivity index (χ0n) is 11.1. The molecule has 1 heterocycles. The smallest absolute Gasteiger partial charge is 0.305 e. The summed E-state index contributed by atoms with van der Waals surface area (Å²) < 4.78 is 5.93. The van der Waals surface area contributed by atoms with Crippen LogP contribution in [-0.4, -0.2) is 41.6 Å². The van der Waals surface area contributed by atoms with Crippen LogP contribution in [0.2, 0.25) is 0 Å². The first-order valence-corrected chi connectivity index (χ1v) is 7.47. The number of rotatable bonds is 4. The summed E-state index contributed by atoms with van der Waals surface area (Å²) in [5.41, 5.74) is 0.601. The van der Waals surface area contributed by atoms with E-state index in [4.69, 9.17) is 9.84 Å². The summed E-state index contributed by atoms with van der Waals surface area (Å²) in [6, 6.07) is 5.09. The second-order valence-electron chi connectivity index (χ2n) is 4.74. The van der Waals surface area contributed by atoms with Crippen molar-refractivity contribution < 1.29 is 19.4 Å². The standard InChI is InChI=1S/C14H16INO4/c1-20-10-4-5-11(12(15)8-10)14(19)16-6-2-3-9(16)7-13(17)18/h4-5,8-9H,2-3,6-7H2,1H3,(H,17,18). The van der Waals surface area contributed by atoms with Crippen molar-refractivity contribution in [1.82, 2.24) is 4.90 Å². The third-order valence-electron chi connectivity index (χ3n) is 3.45. The first-order chi connectivity index (χ1) is 9.52. The lowest BCUT2D eigenvalue weighted by Gasteiger charge is -2.24. The number of carboxylic acids is 1.